The first kappa shape index (κ1) is 14.4. The van der Waals surface area contributed by atoms with E-state index in [0.717, 1.165) is 31.0 Å². The highest BCUT2D eigenvalue weighted by molar-refractivity contribution is 6.61. The fraction of sp³-hybridized carbons (Fsp3) is 0.733. The van der Waals surface area contributed by atoms with Crippen molar-refractivity contribution >= 4 is 18.5 Å². The molecule has 0 amide bonds. The molecule has 3 saturated heterocycles. The zero-order chi connectivity index (χ0) is 15.5. The molecule has 2 unspecified atom stereocenters. The van der Waals surface area contributed by atoms with Gasteiger partial charge in [-0.25, -0.2) is 9.97 Å². The number of rotatable bonds is 2. The second-order valence-corrected chi connectivity index (χ2v) is 7.40. The van der Waals surface area contributed by atoms with E-state index in [1.807, 2.05) is 40.1 Å². The van der Waals surface area contributed by atoms with Gasteiger partial charge in [-0.15, -0.1) is 0 Å². The van der Waals surface area contributed by atoms with E-state index < -0.39 is 7.12 Å². The van der Waals surface area contributed by atoms with E-state index in [0.29, 0.717) is 12.1 Å². The van der Waals surface area contributed by atoms with E-state index >= 15 is 0 Å². The average Bonchev–Trinajstić information content (AvgIpc) is 3.13. The van der Waals surface area contributed by atoms with Gasteiger partial charge in [-0.1, -0.05) is 0 Å². The van der Waals surface area contributed by atoms with Crippen LogP contribution in [0.4, 0.5) is 5.95 Å². The minimum Gasteiger partial charge on any atom is -0.399 e. The Labute approximate surface area is 131 Å². The molecule has 4 rings (SSSR count). The normalized spacial score (nSPS) is 32.0. The summed E-state index contributed by atoms with van der Waals surface area (Å²) in [6, 6.07) is 0.424. The first-order valence-corrected chi connectivity index (χ1v) is 7.91. The Balaban J connectivity index is 1.51. The lowest BCUT2D eigenvalue weighted by Gasteiger charge is -2.32. The van der Waals surface area contributed by atoms with Crippen molar-refractivity contribution in [3.8, 4) is 0 Å². The Hall–Kier alpha value is -1.18. The van der Waals surface area contributed by atoms with Crippen LogP contribution in [0.3, 0.4) is 0 Å². The summed E-state index contributed by atoms with van der Waals surface area (Å²) in [6.45, 7) is 9.85. The molecule has 0 aromatic carbocycles. The van der Waals surface area contributed by atoms with Crippen LogP contribution in [0.2, 0.25) is 0 Å². The fourth-order valence-corrected chi connectivity index (χ4v) is 3.22. The van der Waals surface area contributed by atoms with Crippen molar-refractivity contribution in [2.75, 3.05) is 18.1 Å². The van der Waals surface area contributed by atoms with Gasteiger partial charge in [0.25, 0.3) is 0 Å². The number of hydrogen-bond donors (Lipinski definition) is 0. The van der Waals surface area contributed by atoms with Gasteiger partial charge in [0.1, 0.15) is 0 Å². The summed E-state index contributed by atoms with van der Waals surface area (Å²) in [4.78, 5) is 11.3. The van der Waals surface area contributed by atoms with Crippen LogP contribution in [0.5, 0.6) is 0 Å². The Morgan fingerprint density at radius 1 is 1.14 bits per heavy atom. The molecular formula is C15H22BN3O3. The van der Waals surface area contributed by atoms with E-state index in [1.54, 1.807) is 0 Å². The molecule has 22 heavy (non-hydrogen) atoms. The summed E-state index contributed by atoms with van der Waals surface area (Å²) in [5, 5.41) is 0. The molecule has 2 atom stereocenters. The van der Waals surface area contributed by atoms with Crippen molar-refractivity contribution < 1.29 is 14.0 Å². The van der Waals surface area contributed by atoms with Crippen LogP contribution in [0, 0.1) is 0 Å². The molecule has 0 saturated carbocycles. The van der Waals surface area contributed by atoms with Gasteiger partial charge in [-0.05, 0) is 34.1 Å². The topological polar surface area (TPSA) is 56.7 Å². The highest BCUT2D eigenvalue weighted by Gasteiger charge is 2.52. The summed E-state index contributed by atoms with van der Waals surface area (Å²) in [5.41, 5.74) is 0.173. The first-order valence-electron chi connectivity index (χ1n) is 7.91. The van der Waals surface area contributed by atoms with E-state index in [1.165, 1.54) is 0 Å². The van der Waals surface area contributed by atoms with Crippen molar-refractivity contribution in [1.29, 1.82) is 0 Å². The van der Waals surface area contributed by atoms with Crippen LogP contribution in [-0.4, -0.2) is 53.6 Å². The third-order valence-corrected chi connectivity index (χ3v) is 5.34. The molecule has 0 radical (unpaired) electrons. The van der Waals surface area contributed by atoms with Gasteiger partial charge in [-0.2, -0.15) is 0 Å². The van der Waals surface area contributed by atoms with Gasteiger partial charge in [-0.3, -0.25) is 0 Å². The van der Waals surface area contributed by atoms with E-state index in [2.05, 4.69) is 14.9 Å². The molecule has 0 N–H and O–H groups in total. The Morgan fingerprint density at radius 3 is 2.27 bits per heavy atom. The monoisotopic (exact) mass is 303 g/mol. The molecule has 4 heterocycles. The lowest BCUT2D eigenvalue weighted by Crippen LogP contribution is -2.41. The number of nitrogens with zero attached hydrogens (tertiary/aromatic N) is 3. The lowest BCUT2D eigenvalue weighted by atomic mass is 9.81. The quantitative estimate of drug-likeness (QED) is 0.752. The third-order valence-electron chi connectivity index (χ3n) is 5.34. The molecule has 0 aliphatic carbocycles. The second-order valence-electron chi connectivity index (χ2n) is 7.40. The number of ether oxygens (including phenoxy) is 1. The van der Waals surface area contributed by atoms with Crippen LogP contribution >= 0.6 is 0 Å². The number of aromatic nitrogens is 2. The second kappa shape index (κ2) is 4.66. The van der Waals surface area contributed by atoms with E-state index in [9.17, 15) is 0 Å². The molecular weight excluding hydrogens is 281 g/mol. The van der Waals surface area contributed by atoms with Gasteiger partial charge < -0.3 is 18.9 Å². The van der Waals surface area contributed by atoms with E-state index in [-0.39, 0.29) is 11.2 Å². The molecule has 3 aliphatic heterocycles. The smallest absolute Gasteiger partial charge is 0.399 e. The van der Waals surface area contributed by atoms with Crippen LogP contribution in [0.1, 0.15) is 34.1 Å². The van der Waals surface area contributed by atoms with Crippen molar-refractivity contribution in [2.24, 2.45) is 0 Å². The predicted molar refractivity (Wildman–Crippen MR) is 83.2 cm³/mol. The third kappa shape index (κ3) is 2.14. The molecule has 6 nitrogen and oxygen atoms in total. The highest BCUT2D eigenvalue weighted by atomic mass is 16.7. The summed E-state index contributed by atoms with van der Waals surface area (Å²) >= 11 is 0. The molecule has 1 aromatic rings. The van der Waals surface area contributed by atoms with Crippen molar-refractivity contribution in [3.63, 3.8) is 0 Å². The van der Waals surface area contributed by atoms with Gasteiger partial charge in [0.15, 0.2) is 0 Å². The average molecular weight is 303 g/mol. The fourth-order valence-electron chi connectivity index (χ4n) is 3.22. The zero-order valence-corrected chi connectivity index (χ0v) is 13.6. The molecule has 3 aliphatic rings. The minimum atomic E-state index is -0.405. The van der Waals surface area contributed by atoms with Crippen LogP contribution in [0.15, 0.2) is 12.4 Å². The molecule has 2 bridgehead atoms. The van der Waals surface area contributed by atoms with Crippen LogP contribution in [0.25, 0.3) is 0 Å². The van der Waals surface area contributed by atoms with Crippen molar-refractivity contribution in [1.82, 2.24) is 9.97 Å². The van der Waals surface area contributed by atoms with Crippen LogP contribution in [-0.2, 0) is 14.0 Å². The highest BCUT2D eigenvalue weighted by Crippen LogP contribution is 2.36. The Bertz CT molecular complexity index is 562. The molecule has 7 heteroatoms. The molecule has 118 valence electrons. The summed E-state index contributed by atoms with van der Waals surface area (Å²) in [6.07, 6.45) is 5.06. The largest absolute Gasteiger partial charge is 0.498 e. The van der Waals surface area contributed by atoms with Gasteiger partial charge in [0.05, 0.1) is 30.0 Å². The van der Waals surface area contributed by atoms with Gasteiger partial charge in [0.2, 0.25) is 5.95 Å². The Morgan fingerprint density at radius 2 is 1.77 bits per heavy atom. The van der Waals surface area contributed by atoms with Gasteiger partial charge >= 0.3 is 7.12 Å². The minimum absolute atomic E-state index is 0.344. The summed E-state index contributed by atoms with van der Waals surface area (Å²) in [5.74, 6) is 0.774. The lowest BCUT2D eigenvalue weighted by molar-refractivity contribution is 0.00578. The SMILES string of the molecule is CC1(C)OB(c2cnc(N3CC4CC3CO4)nc2)OC1(C)C. The number of hydrogen-bond acceptors (Lipinski definition) is 6. The van der Waals surface area contributed by atoms with E-state index in [4.69, 9.17) is 14.0 Å². The van der Waals surface area contributed by atoms with Crippen molar-refractivity contribution in [3.05, 3.63) is 12.4 Å². The number of morpholine rings is 1. The summed E-state index contributed by atoms with van der Waals surface area (Å²) in [7, 11) is -0.405. The maximum atomic E-state index is 6.03. The maximum absolute atomic E-state index is 6.03. The molecule has 0 spiro atoms. The zero-order valence-electron chi connectivity index (χ0n) is 13.6. The molecule has 3 fully saturated rings. The predicted octanol–water partition coefficient (Wildman–Crippen LogP) is 0.753. The van der Waals surface area contributed by atoms with Crippen LogP contribution < -0.4 is 10.4 Å². The molecule has 1 aromatic heterocycles. The summed E-state index contributed by atoms with van der Waals surface area (Å²) < 4.78 is 17.7. The maximum Gasteiger partial charge on any atom is 0.498 e. The Kier molecular flexibility index (Phi) is 3.05. The standard InChI is InChI=1S/C15H22BN3O3/c1-14(2)15(3,4)22-16(21-14)10-6-17-13(18-7-10)19-8-12-5-11(19)9-20-12/h6-7,11-12H,5,8-9H2,1-4H3. The number of fused-ring (bicyclic) bond motifs is 2. The first-order chi connectivity index (χ1) is 10.4. The van der Waals surface area contributed by atoms with Crippen molar-refractivity contribution in [2.45, 2.75) is 57.5 Å². The number of anilines is 1. The van der Waals surface area contributed by atoms with Gasteiger partial charge in [0, 0.05) is 24.4 Å².